The van der Waals surface area contributed by atoms with Gasteiger partial charge in [-0.15, -0.1) is 0 Å². The zero-order valence-electron chi connectivity index (χ0n) is 13.4. The summed E-state index contributed by atoms with van der Waals surface area (Å²) in [6, 6.07) is 5.61. The van der Waals surface area contributed by atoms with E-state index >= 15 is 0 Å². The van der Waals surface area contributed by atoms with E-state index in [1.165, 1.54) is 12.1 Å². The van der Waals surface area contributed by atoms with Crippen LogP contribution in [0.25, 0.3) is 0 Å². The fourth-order valence-corrected chi connectivity index (χ4v) is 2.74. The van der Waals surface area contributed by atoms with Crippen molar-refractivity contribution in [3.8, 4) is 0 Å². The van der Waals surface area contributed by atoms with Crippen molar-refractivity contribution in [3.63, 3.8) is 0 Å². The fourth-order valence-electron chi connectivity index (χ4n) is 2.74. The average Bonchev–Trinajstić information content (AvgIpc) is 3.03. The first-order valence-electron chi connectivity index (χ1n) is 7.79. The van der Waals surface area contributed by atoms with E-state index in [1.807, 2.05) is 7.05 Å². The minimum absolute atomic E-state index is 0.147. The summed E-state index contributed by atoms with van der Waals surface area (Å²) in [6.07, 6.45) is 1.03. The number of benzene rings is 1. The number of nitrogens with two attached hydrogens (primary N) is 1. The maximum atomic E-state index is 13.7. The van der Waals surface area contributed by atoms with Crippen molar-refractivity contribution >= 4 is 17.6 Å². The van der Waals surface area contributed by atoms with Crippen LogP contribution in [0.15, 0.2) is 24.3 Å². The minimum atomic E-state index is -0.608. The summed E-state index contributed by atoms with van der Waals surface area (Å²) in [4.78, 5) is 10.7. The largest absolute Gasteiger partial charge is 0.383 e. The van der Waals surface area contributed by atoms with Crippen LogP contribution in [0, 0.1) is 11.6 Å². The lowest BCUT2D eigenvalue weighted by molar-refractivity contribution is 0.574. The number of aromatic nitrogens is 2. The highest BCUT2D eigenvalue weighted by molar-refractivity contribution is 5.52. The number of halogens is 2. The number of anilines is 3. The predicted octanol–water partition coefficient (Wildman–Crippen LogP) is 1.75. The molecule has 0 saturated carbocycles. The van der Waals surface area contributed by atoms with Gasteiger partial charge >= 0.3 is 0 Å². The van der Waals surface area contributed by atoms with Gasteiger partial charge in [-0.1, -0.05) is 6.07 Å². The molecule has 1 atom stereocenters. The van der Waals surface area contributed by atoms with Crippen molar-refractivity contribution in [2.24, 2.45) is 0 Å². The normalized spacial score (nSPS) is 17.3. The van der Waals surface area contributed by atoms with Gasteiger partial charge in [0.1, 0.15) is 23.3 Å². The van der Waals surface area contributed by atoms with Crippen molar-refractivity contribution in [1.29, 1.82) is 0 Å². The second kappa shape index (κ2) is 6.96. The van der Waals surface area contributed by atoms with Crippen molar-refractivity contribution in [2.75, 3.05) is 36.1 Å². The van der Waals surface area contributed by atoms with E-state index in [1.54, 1.807) is 6.07 Å². The van der Waals surface area contributed by atoms with E-state index in [2.05, 4.69) is 25.5 Å². The highest BCUT2D eigenvalue weighted by Crippen LogP contribution is 2.21. The van der Waals surface area contributed by atoms with Crippen LogP contribution in [0.2, 0.25) is 0 Å². The van der Waals surface area contributed by atoms with Gasteiger partial charge in [0.15, 0.2) is 0 Å². The molecular weight excluding hydrogens is 314 g/mol. The maximum Gasteiger partial charge on any atom is 0.226 e. The topological polar surface area (TPSA) is 79.1 Å². The van der Waals surface area contributed by atoms with Crippen LogP contribution in [0.3, 0.4) is 0 Å². The summed E-state index contributed by atoms with van der Waals surface area (Å²) in [7, 11) is 1.94. The van der Waals surface area contributed by atoms with Gasteiger partial charge in [-0.25, -0.2) is 8.78 Å². The van der Waals surface area contributed by atoms with E-state index in [9.17, 15) is 8.78 Å². The SMILES string of the molecule is CN[C@@H]1CCN(c2cc(N)nc(NCc3ccc(F)cc3F)n2)C1. The number of likely N-dealkylation sites (N-methyl/N-ethyl adjacent to an activating group) is 1. The fraction of sp³-hybridized carbons (Fsp3) is 0.375. The van der Waals surface area contributed by atoms with Crippen LogP contribution in [-0.4, -0.2) is 36.1 Å². The van der Waals surface area contributed by atoms with Gasteiger partial charge in [-0.3, -0.25) is 0 Å². The lowest BCUT2D eigenvalue weighted by Gasteiger charge is -2.18. The molecule has 1 aromatic carbocycles. The Hall–Kier alpha value is -2.48. The standard InChI is InChI=1S/C16H20F2N6/c1-20-12-4-5-24(9-12)15-7-14(19)22-16(23-15)21-8-10-2-3-11(17)6-13(10)18/h2-3,6-7,12,20H,4-5,8-9H2,1H3,(H3,19,21,22,23)/t12-/m1/s1. The molecule has 0 aliphatic carbocycles. The first kappa shape index (κ1) is 16.4. The predicted molar refractivity (Wildman–Crippen MR) is 89.8 cm³/mol. The van der Waals surface area contributed by atoms with Crippen molar-refractivity contribution < 1.29 is 8.78 Å². The summed E-state index contributed by atoms with van der Waals surface area (Å²) in [5.41, 5.74) is 6.19. The third kappa shape index (κ3) is 3.70. The number of nitrogen functional groups attached to an aromatic ring is 1. The maximum absolute atomic E-state index is 13.7. The number of hydrogen-bond acceptors (Lipinski definition) is 6. The van der Waals surface area contributed by atoms with Crippen LogP contribution in [-0.2, 0) is 6.54 Å². The molecule has 0 radical (unpaired) electrons. The highest BCUT2D eigenvalue weighted by Gasteiger charge is 2.22. The third-order valence-electron chi connectivity index (χ3n) is 4.10. The number of rotatable bonds is 5. The van der Waals surface area contributed by atoms with Gasteiger partial charge in [0.2, 0.25) is 5.95 Å². The molecule has 1 aliphatic heterocycles. The minimum Gasteiger partial charge on any atom is -0.383 e. The molecule has 2 aromatic rings. The summed E-state index contributed by atoms with van der Waals surface area (Å²) < 4.78 is 26.6. The molecule has 2 heterocycles. The molecule has 3 rings (SSSR count). The Kier molecular flexibility index (Phi) is 4.75. The molecule has 1 saturated heterocycles. The summed E-state index contributed by atoms with van der Waals surface area (Å²) in [5, 5.41) is 6.19. The van der Waals surface area contributed by atoms with Gasteiger partial charge in [0.25, 0.3) is 0 Å². The van der Waals surface area contributed by atoms with Gasteiger partial charge in [-0.05, 0) is 19.5 Å². The first-order valence-corrected chi connectivity index (χ1v) is 7.79. The van der Waals surface area contributed by atoms with E-state index in [4.69, 9.17) is 5.73 Å². The number of hydrogen-bond donors (Lipinski definition) is 3. The van der Waals surface area contributed by atoms with Gasteiger partial charge in [0, 0.05) is 43.4 Å². The Morgan fingerprint density at radius 2 is 2.12 bits per heavy atom. The summed E-state index contributed by atoms with van der Waals surface area (Å²) >= 11 is 0. The number of nitrogens with one attached hydrogen (secondary N) is 2. The number of nitrogens with zero attached hydrogens (tertiary/aromatic N) is 3. The first-order chi connectivity index (χ1) is 11.5. The summed E-state index contributed by atoms with van der Waals surface area (Å²) in [5.74, 6) is 0.189. The van der Waals surface area contributed by atoms with E-state index in [-0.39, 0.29) is 6.54 Å². The molecule has 128 valence electrons. The third-order valence-corrected chi connectivity index (χ3v) is 4.10. The zero-order valence-corrected chi connectivity index (χ0v) is 13.4. The molecule has 6 nitrogen and oxygen atoms in total. The van der Waals surface area contributed by atoms with Crippen LogP contribution in [0.5, 0.6) is 0 Å². The highest BCUT2D eigenvalue weighted by atomic mass is 19.1. The van der Waals surface area contributed by atoms with Crippen LogP contribution < -0.4 is 21.3 Å². The zero-order chi connectivity index (χ0) is 17.1. The average molecular weight is 334 g/mol. The van der Waals surface area contributed by atoms with Gasteiger partial charge in [0.05, 0.1) is 0 Å². The summed E-state index contributed by atoms with van der Waals surface area (Å²) in [6.45, 7) is 1.88. The van der Waals surface area contributed by atoms with Crippen molar-refractivity contribution in [1.82, 2.24) is 15.3 Å². The van der Waals surface area contributed by atoms with Gasteiger partial charge < -0.3 is 21.3 Å². The molecule has 24 heavy (non-hydrogen) atoms. The molecule has 8 heteroatoms. The molecule has 1 aliphatic rings. The van der Waals surface area contributed by atoms with Crippen LogP contribution >= 0.6 is 0 Å². The van der Waals surface area contributed by atoms with E-state index < -0.39 is 11.6 Å². The molecule has 1 fully saturated rings. The Bertz CT molecular complexity index is 724. The van der Waals surface area contributed by atoms with Gasteiger partial charge in [-0.2, -0.15) is 9.97 Å². The quantitative estimate of drug-likeness (QED) is 0.773. The van der Waals surface area contributed by atoms with Crippen LogP contribution in [0.1, 0.15) is 12.0 Å². The molecular formula is C16H20F2N6. The monoisotopic (exact) mass is 334 g/mol. The molecule has 1 aromatic heterocycles. The molecule has 0 bridgehead atoms. The van der Waals surface area contributed by atoms with E-state index in [0.29, 0.717) is 23.4 Å². The Morgan fingerprint density at radius 3 is 2.83 bits per heavy atom. The van der Waals surface area contributed by atoms with Crippen LogP contribution in [0.4, 0.5) is 26.4 Å². The lowest BCUT2D eigenvalue weighted by Crippen LogP contribution is -2.30. The molecule has 0 unspecified atom stereocenters. The lowest BCUT2D eigenvalue weighted by atomic mass is 10.2. The molecule has 0 spiro atoms. The molecule has 0 amide bonds. The second-order valence-corrected chi connectivity index (χ2v) is 5.78. The van der Waals surface area contributed by atoms with E-state index in [0.717, 1.165) is 31.4 Å². The molecule has 4 N–H and O–H groups in total. The van der Waals surface area contributed by atoms with Crippen molar-refractivity contribution in [3.05, 3.63) is 41.5 Å². The smallest absolute Gasteiger partial charge is 0.226 e. The Balaban J connectivity index is 1.72. The second-order valence-electron chi connectivity index (χ2n) is 5.78. The Morgan fingerprint density at radius 1 is 1.29 bits per heavy atom. The Labute approximate surface area is 139 Å². The van der Waals surface area contributed by atoms with Crippen molar-refractivity contribution in [2.45, 2.75) is 19.0 Å².